The van der Waals surface area contributed by atoms with E-state index in [9.17, 15) is 18.4 Å². The molecule has 1 aliphatic carbocycles. The Morgan fingerprint density at radius 2 is 1.98 bits per heavy atom. The number of ether oxygens (including phenoxy) is 1. The number of rotatable bonds is 4. The van der Waals surface area contributed by atoms with E-state index < -0.39 is 6.61 Å². The van der Waals surface area contributed by atoms with Crippen molar-refractivity contribution in [1.82, 2.24) is 19.4 Å². The number of carbonyl (C=O) groups is 2. The first-order valence-electron chi connectivity index (χ1n) is 13.7. The highest BCUT2D eigenvalue weighted by molar-refractivity contribution is 6.01. The summed E-state index contributed by atoms with van der Waals surface area (Å²) in [5.74, 6) is 7.14. The number of alkyl halides is 2. The monoisotopic (exact) mass is 546 g/mol. The topological polar surface area (TPSA) is 67.7 Å². The fraction of sp³-hybridized carbons (Fsp3) is 0.452. The van der Waals surface area contributed by atoms with Crippen molar-refractivity contribution in [3.8, 4) is 23.3 Å². The van der Waals surface area contributed by atoms with Crippen LogP contribution in [-0.4, -0.2) is 57.9 Å². The van der Waals surface area contributed by atoms with E-state index in [1.165, 1.54) is 6.07 Å². The minimum absolute atomic E-state index is 0.0874. The molecule has 208 valence electrons. The summed E-state index contributed by atoms with van der Waals surface area (Å²) in [6.45, 7) is 4.34. The normalized spacial score (nSPS) is 23.0. The summed E-state index contributed by atoms with van der Waals surface area (Å²) in [6, 6.07) is 9.90. The molecule has 1 aromatic heterocycles. The lowest BCUT2D eigenvalue weighted by molar-refractivity contribution is -0.135. The van der Waals surface area contributed by atoms with Gasteiger partial charge in [-0.1, -0.05) is 31.8 Å². The number of hydrogen-bond acceptors (Lipinski definition) is 4. The van der Waals surface area contributed by atoms with Crippen molar-refractivity contribution >= 4 is 22.8 Å². The van der Waals surface area contributed by atoms with Crippen LogP contribution in [0.3, 0.4) is 0 Å². The van der Waals surface area contributed by atoms with Crippen molar-refractivity contribution < 1.29 is 23.1 Å². The highest BCUT2D eigenvalue weighted by Crippen LogP contribution is 2.48. The number of hydrogen-bond donors (Lipinski definition) is 0. The van der Waals surface area contributed by atoms with Crippen molar-refractivity contribution in [3.63, 3.8) is 0 Å². The Bertz CT molecular complexity index is 1600. The first-order chi connectivity index (χ1) is 19.0. The van der Waals surface area contributed by atoms with Gasteiger partial charge in [0.2, 0.25) is 5.91 Å². The highest BCUT2D eigenvalue weighted by Gasteiger charge is 2.49. The Hall–Kier alpha value is -3.93. The third kappa shape index (κ3) is 4.30. The molecule has 6 rings (SSSR count). The van der Waals surface area contributed by atoms with E-state index >= 15 is 0 Å². The number of para-hydroxylation sites is 1. The van der Waals surface area contributed by atoms with E-state index in [1.807, 2.05) is 36.9 Å². The number of fused-ring (bicyclic) bond motifs is 5. The molecule has 0 N–H and O–H groups in total. The number of imidazole rings is 1. The van der Waals surface area contributed by atoms with Crippen LogP contribution in [0.5, 0.6) is 5.75 Å². The van der Waals surface area contributed by atoms with Crippen LogP contribution in [0.25, 0.3) is 16.7 Å². The predicted molar refractivity (Wildman–Crippen MR) is 146 cm³/mol. The van der Waals surface area contributed by atoms with Gasteiger partial charge in [0.05, 0.1) is 22.6 Å². The van der Waals surface area contributed by atoms with Gasteiger partial charge in [-0.15, -0.1) is 0 Å². The predicted octanol–water partition coefficient (Wildman–Crippen LogP) is 5.55. The van der Waals surface area contributed by atoms with Crippen LogP contribution < -0.4 is 4.74 Å². The van der Waals surface area contributed by atoms with Gasteiger partial charge in [-0.3, -0.25) is 14.2 Å². The van der Waals surface area contributed by atoms with Gasteiger partial charge in [0.1, 0.15) is 11.5 Å². The molecule has 1 saturated heterocycles. The molecule has 2 atom stereocenters. The first kappa shape index (κ1) is 26.3. The highest BCUT2D eigenvalue weighted by atomic mass is 19.3. The molecule has 1 saturated carbocycles. The zero-order valence-corrected chi connectivity index (χ0v) is 23.1. The molecule has 3 heterocycles. The summed E-state index contributed by atoms with van der Waals surface area (Å²) in [6.07, 6.45) is 3.30. The molecule has 3 aromatic rings. The van der Waals surface area contributed by atoms with E-state index in [4.69, 9.17) is 9.72 Å². The molecule has 40 heavy (non-hydrogen) atoms. The maximum absolute atomic E-state index is 13.4. The van der Waals surface area contributed by atoms with Gasteiger partial charge in [-0.25, -0.2) is 4.98 Å². The van der Waals surface area contributed by atoms with Gasteiger partial charge < -0.3 is 14.5 Å². The molecule has 0 spiro atoms. The molecule has 2 aromatic carbocycles. The molecule has 2 fully saturated rings. The fourth-order valence-electron chi connectivity index (χ4n) is 5.95. The molecule has 0 radical (unpaired) electrons. The van der Waals surface area contributed by atoms with E-state index in [0.717, 1.165) is 24.8 Å². The summed E-state index contributed by atoms with van der Waals surface area (Å²) in [5.41, 5.74) is 2.06. The SMILES string of the molecule is CCC1c2nc3ccc(C#CC4(C)CCN(C(=O)C5(C)CC5)C4)cc3n2-c2c(OC(F)F)cccc2C(=O)N1C. The molecule has 0 bridgehead atoms. The standard InChI is InChI=1S/C31H32F2N4O3/c1-5-22-26-34-21-10-9-19(11-12-30(2)15-16-36(18-30)28(39)31(3)13-14-31)17-23(21)37(26)25-20(27(38)35(22)4)7-6-8-24(25)40-29(32)33/h6-10,17,22,29H,5,13-16,18H2,1-4H3. The van der Waals surface area contributed by atoms with Gasteiger partial charge in [0.15, 0.2) is 5.75 Å². The quantitative estimate of drug-likeness (QED) is 0.402. The van der Waals surface area contributed by atoms with Crippen LogP contribution in [0, 0.1) is 22.7 Å². The minimum atomic E-state index is -3.05. The molecule has 9 heteroatoms. The van der Waals surface area contributed by atoms with Crippen LogP contribution in [-0.2, 0) is 4.79 Å². The summed E-state index contributed by atoms with van der Waals surface area (Å²) >= 11 is 0. The number of carbonyl (C=O) groups excluding carboxylic acids is 2. The van der Waals surface area contributed by atoms with E-state index in [2.05, 4.69) is 18.8 Å². The Morgan fingerprint density at radius 3 is 2.67 bits per heavy atom. The van der Waals surface area contributed by atoms with E-state index in [-0.39, 0.29) is 45.7 Å². The number of amides is 2. The fourth-order valence-corrected chi connectivity index (χ4v) is 5.95. The van der Waals surface area contributed by atoms with Crippen LogP contribution in [0.2, 0.25) is 0 Å². The van der Waals surface area contributed by atoms with Gasteiger partial charge >= 0.3 is 6.61 Å². The molecule has 2 aliphatic heterocycles. The largest absolute Gasteiger partial charge is 0.433 e. The Kier molecular flexibility index (Phi) is 6.13. The van der Waals surface area contributed by atoms with Crippen molar-refractivity contribution in [2.75, 3.05) is 20.1 Å². The molecule has 7 nitrogen and oxygen atoms in total. The first-order valence-corrected chi connectivity index (χ1v) is 13.7. The smallest absolute Gasteiger partial charge is 0.387 e. The lowest BCUT2D eigenvalue weighted by atomic mass is 9.90. The maximum atomic E-state index is 13.4. The third-order valence-electron chi connectivity index (χ3n) is 8.61. The number of benzene rings is 2. The average molecular weight is 547 g/mol. The molecular formula is C31H32F2N4O3. The molecule has 3 aliphatic rings. The summed E-state index contributed by atoms with van der Waals surface area (Å²) in [7, 11) is 1.70. The van der Waals surface area contributed by atoms with Crippen LogP contribution in [0.4, 0.5) is 8.78 Å². The lowest BCUT2D eigenvalue weighted by Crippen LogP contribution is -2.35. The van der Waals surface area contributed by atoms with E-state index in [0.29, 0.717) is 36.4 Å². The second kappa shape index (κ2) is 9.33. The molecular weight excluding hydrogens is 514 g/mol. The second-order valence-electron chi connectivity index (χ2n) is 11.7. The van der Waals surface area contributed by atoms with Crippen molar-refractivity contribution in [2.45, 2.75) is 59.1 Å². The zero-order valence-electron chi connectivity index (χ0n) is 23.1. The van der Waals surface area contributed by atoms with Crippen LogP contribution in [0.15, 0.2) is 36.4 Å². The Balaban J connectivity index is 1.44. The van der Waals surface area contributed by atoms with Crippen LogP contribution >= 0.6 is 0 Å². The van der Waals surface area contributed by atoms with E-state index in [1.54, 1.807) is 28.6 Å². The number of likely N-dealkylation sites (tertiary alicyclic amines) is 1. The van der Waals surface area contributed by atoms with Gasteiger partial charge in [0, 0.05) is 36.5 Å². The van der Waals surface area contributed by atoms with Gasteiger partial charge in [-0.05, 0) is 62.9 Å². The van der Waals surface area contributed by atoms with Crippen molar-refractivity contribution in [1.29, 1.82) is 0 Å². The second-order valence-corrected chi connectivity index (χ2v) is 11.7. The summed E-state index contributed by atoms with van der Waals surface area (Å²) in [4.78, 5) is 34.7. The maximum Gasteiger partial charge on any atom is 0.387 e. The Labute approximate surface area is 232 Å². The molecule has 2 amide bonds. The average Bonchev–Trinajstić information content (AvgIpc) is 3.42. The summed E-state index contributed by atoms with van der Waals surface area (Å²) in [5, 5.41) is 0. The van der Waals surface area contributed by atoms with Crippen molar-refractivity contribution in [2.24, 2.45) is 10.8 Å². The Morgan fingerprint density at radius 1 is 1.20 bits per heavy atom. The number of halogens is 2. The summed E-state index contributed by atoms with van der Waals surface area (Å²) < 4.78 is 33.5. The number of nitrogens with zero attached hydrogens (tertiary/aromatic N) is 4. The minimum Gasteiger partial charge on any atom is -0.433 e. The van der Waals surface area contributed by atoms with Crippen molar-refractivity contribution in [3.05, 3.63) is 53.3 Å². The zero-order chi connectivity index (χ0) is 28.4. The lowest BCUT2D eigenvalue weighted by Gasteiger charge is -2.24. The van der Waals surface area contributed by atoms with Gasteiger partial charge in [0.25, 0.3) is 5.91 Å². The number of aromatic nitrogens is 2. The third-order valence-corrected chi connectivity index (χ3v) is 8.61. The van der Waals surface area contributed by atoms with Gasteiger partial charge in [-0.2, -0.15) is 8.78 Å². The molecule has 2 unspecified atom stereocenters. The van der Waals surface area contributed by atoms with Crippen LogP contribution in [0.1, 0.15) is 74.2 Å².